The van der Waals surface area contributed by atoms with Crippen molar-refractivity contribution < 1.29 is 18.4 Å². The molecule has 0 radical (unpaired) electrons. The number of hydrogen-bond acceptors (Lipinski definition) is 2. The molecule has 4 nitrogen and oxygen atoms in total. The number of amides is 2. The number of likely N-dealkylation sites (tertiary alicyclic amines) is 1. The molecule has 1 aliphatic rings. The van der Waals surface area contributed by atoms with Crippen molar-refractivity contribution >= 4 is 17.5 Å². The molecular formula is C20H20F2N2O2. The molecule has 0 N–H and O–H groups in total. The Morgan fingerprint density at radius 2 is 1.88 bits per heavy atom. The van der Waals surface area contributed by atoms with Gasteiger partial charge in [-0.05, 0) is 24.6 Å². The summed E-state index contributed by atoms with van der Waals surface area (Å²) in [5.41, 5.74) is 0.888. The van der Waals surface area contributed by atoms with Crippen molar-refractivity contribution in [2.75, 3.05) is 11.9 Å². The molecule has 3 rings (SSSR count). The Labute approximate surface area is 151 Å². The van der Waals surface area contributed by atoms with Gasteiger partial charge >= 0.3 is 0 Å². The highest BCUT2D eigenvalue weighted by Gasteiger charge is 2.33. The molecule has 0 aliphatic carbocycles. The molecule has 2 aromatic carbocycles. The Kier molecular flexibility index (Phi) is 5.30. The number of anilines is 1. The molecule has 0 saturated carbocycles. The summed E-state index contributed by atoms with van der Waals surface area (Å²) >= 11 is 0. The molecule has 0 spiro atoms. The molecule has 1 fully saturated rings. The third kappa shape index (κ3) is 3.74. The van der Waals surface area contributed by atoms with Crippen LogP contribution in [0.1, 0.15) is 24.8 Å². The van der Waals surface area contributed by atoms with Crippen LogP contribution in [0, 0.1) is 11.6 Å². The maximum Gasteiger partial charge on any atom is 0.228 e. The van der Waals surface area contributed by atoms with Crippen molar-refractivity contribution in [2.45, 2.75) is 31.8 Å². The highest BCUT2D eigenvalue weighted by atomic mass is 19.2. The summed E-state index contributed by atoms with van der Waals surface area (Å²) < 4.78 is 27.3. The molecule has 26 heavy (non-hydrogen) atoms. The molecule has 0 bridgehead atoms. The van der Waals surface area contributed by atoms with E-state index in [1.165, 1.54) is 17.0 Å². The van der Waals surface area contributed by atoms with Crippen LogP contribution in [0.25, 0.3) is 0 Å². The Bertz CT molecular complexity index is 811. The van der Waals surface area contributed by atoms with E-state index in [1.807, 2.05) is 30.3 Å². The van der Waals surface area contributed by atoms with Crippen LogP contribution in [-0.2, 0) is 16.1 Å². The van der Waals surface area contributed by atoms with E-state index in [2.05, 4.69) is 0 Å². The summed E-state index contributed by atoms with van der Waals surface area (Å²) in [5, 5.41) is 0. The number of nitrogens with zero attached hydrogens (tertiary/aromatic N) is 2. The zero-order chi connectivity index (χ0) is 18.7. The maximum atomic E-state index is 13.9. The van der Waals surface area contributed by atoms with Crippen molar-refractivity contribution in [1.29, 1.82) is 0 Å². The number of halogens is 2. The van der Waals surface area contributed by atoms with Crippen molar-refractivity contribution in [3.8, 4) is 0 Å². The van der Waals surface area contributed by atoms with E-state index < -0.39 is 11.6 Å². The first-order valence-corrected chi connectivity index (χ1v) is 8.51. The van der Waals surface area contributed by atoms with Crippen molar-refractivity contribution in [3.63, 3.8) is 0 Å². The zero-order valence-corrected chi connectivity index (χ0v) is 14.5. The third-order valence-electron chi connectivity index (χ3n) is 4.75. The van der Waals surface area contributed by atoms with Crippen LogP contribution in [0.15, 0.2) is 48.5 Å². The van der Waals surface area contributed by atoms with Gasteiger partial charge in [-0.2, -0.15) is 0 Å². The monoisotopic (exact) mass is 358 g/mol. The average molecular weight is 358 g/mol. The van der Waals surface area contributed by atoms with Crippen LogP contribution in [0.4, 0.5) is 14.5 Å². The van der Waals surface area contributed by atoms with Gasteiger partial charge < -0.3 is 9.80 Å². The van der Waals surface area contributed by atoms with Gasteiger partial charge in [0.1, 0.15) is 0 Å². The Hall–Kier alpha value is -2.76. The number of hydrogen-bond donors (Lipinski definition) is 0. The van der Waals surface area contributed by atoms with Gasteiger partial charge in [0.2, 0.25) is 11.8 Å². The Morgan fingerprint density at radius 1 is 1.15 bits per heavy atom. The highest BCUT2D eigenvalue weighted by molar-refractivity contribution is 5.93. The fourth-order valence-corrected chi connectivity index (χ4v) is 3.21. The summed E-state index contributed by atoms with van der Waals surface area (Å²) in [6.07, 6.45) is 0.988. The molecule has 6 heteroatoms. The molecule has 1 unspecified atom stereocenters. The normalized spacial score (nSPS) is 16.8. The summed E-state index contributed by atoms with van der Waals surface area (Å²) in [4.78, 5) is 27.8. The standard InChI is InChI=1S/C20H20F2N2O2/c1-23(15-7-3-2-4-8-15)19(26)12-16-10-11-18(25)24(16)13-14-6-5-9-17(21)20(14)22/h2-9,16H,10-13H2,1H3. The minimum atomic E-state index is -0.946. The van der Waals surface area contributed by atoms with Gasteiger partial charge in [0.05, 0.1) is 0 Å². The smallest absolute Gasteiger partial charge is 0.228 e. The summed E-state index contributed by atoms with van der Waals surface area (Å²) in [7, 11) is 1.69. The lowest BCUT2D eigenvalue weighted by molar-refractivity contribution is -0.130. The Morgan fingerprint density at radius 3 is 2.62 bits per heavy atom. The van der Waals surface area contributed by atoms with E-state index in [1.54, 1.807) is 11.9 Å². The van der Waals surface area contributed by atoms with Crippen LogP contribution in [0.3, 0.4) is 0 Å². The number of benzene rings is 2. The van der Waals surface area contributed by atoms with Gasteiger partial charge in [0.15, 0.2) is 11.6 Å². The van der Waals surface area contributed by atoms with Gasteiger partial charge in [-0.3, -0.25) is 9.59 Å². The van der Waals surface area contributed by atoms with E-state index in [4.69, 9.17) is 0 Å². The van der Waals surface area contributed by atoms with Crippen molar-refractivity contribution in [1.82, 2.24) is 4.90 Å². The lowest BCUT2D eigenvalue weighted by Gasteiger charge is -2.27. The second kappa shape index (κ2) is 7.64. The molecule has 1 atom stereocenters. The first kappa shape index (κ1) is 18.0. The van der Waals surface area contributed by atoms with Crippen LogP contribution in [0.2, 0.25) is 0 Å². The first-order valence-electron chi connectivity index (χ1n) is 8.51. The second-order valence-electron chi connectivity index (χ2n) is 6.42. The Balaban J connectivity index is 1.71. The molecule has 2 amide bonds. The predicted molar refractivity (Wildman–Crippen MR) is 94.4 cm³/mol. The maximum absolute atomic E-state index is 13.9. The van der Waals surface area contributed by atoms with Crippen LogP contribution < -0.4 is 4.90 Å². The summed E-state index contributed by atoms with van der Waals surface area (Å²) in [5.74, 6) is -2.15. The SMILES string of the molecule is CN(C(=O)CC1CCC(=O)N1Cc1cccc(F)c1F)c1ccccc1. The average Bonchev–Trinajstić information content (AvgIpc) is 2.98. The summed E-state index contributed by atoms with van der Waals surface area (Å²) in [6.45, 7) is -0.0323. The van der Waals surface area contributed by atoms with E-state index >= 15 is 0 Å². The fraction of sp³-hybridized carbons (Fsp3) is 0.300. The molecule has 2 aromatic rings. The van der Waals surface area contributed by atoms with Crippen LogP contribution in [-0.4, -0.2) is 29.8 Å². The largest absolute Gasteiger partial charge is 0.335 e. The minimum Gasteiger partial charge on any atom is -0.335 e. The van der Waals surface area contributed by atoms with Gasteiger partial charge in [-0.25, -0.2) is 8.78 Å². The molecule has 1 heterocycles. The molecule has 1 saturated heterocycles. The molecule has 136 valence electrons. The van der Waals surface area contributed by atoms with E-state index in [0.717, 1.165) is 11.8 Å². The number of carbonyl (C=O) groups is 2. The quantitative estimate of drug-likeness (QED) is 0.821. The lowest BCUT2D eigenvalue weighted by atomic mass is 10.1. The number of rotatable bonds is 5. The molecule has 1 aliphatic heterocycles. The lowest BCUT2D eigenvalue weighted by Crippen LogP contribution is -2.38. The first-order chi connectivity index (χ1) is 12.5. The van der Waals surface area contributed by atoms with E-state index in [0.29, 0.717) is 12.8 Å². The second-order valence-corrected chi connectivity index (χ2v) is 6.42. The number of carbonyl (C=O) groups excluding carboxylic acids is 2. The summed E-state index contributed by atoms with van der Waals surface area (Å²) in [6, 6.07) is 12.8. The zero-order valence-electron chi connectivity index (χ0n) is 14.5. The fourth-order valence-electron chi connectivity index (χ4n) is 3.21. The highest BCUT2D eigenvalue weighted by Crippen LogP contribution is 2.26. The van der Waals surface area contributed by atoms with Gasteiger partial charge in [0, 0.05) is 43.7 Å². The minimum absolute atomic E-state index is 0.0323. The van der Waals surface area contributed by atoms with Crippen LogP contribution in [0.5, 0.6) is 0 Å². The molecular weight excluding hydrogens is 338 g/mol. The van der Waals surface area contributed by atoms with Gasteiger partial charge in [-0.15, -0.1) is 0 Å². The topological polar surface area (TPSA) is 40.6 Å². The third-order valence-corrected chi connectivity index (χ3v) is 4.75. The van der Waals surface area contributed by atoms with Crippen molar-refractivity contribution in [3.05, 3.63) is 65.7 Å². The predicted octanol–water partition coefficient (Wildman–Crippen LogP) is 3.51. The van der Waals surface area contributed by atoms with E-state index in [9.17, 15) is 18.4 Å². The van der Waals surface area contributed by atoms with Gasteiger partial charge in [-0.1, -0.05) is 30.3 Å². The van der Waals surface area contributed by atoms with Crippen molar-refractivity contribution in [2.24, 2.45) is 0 Å². The molecule has 0 aromatic heterocycles. The number of para-hydroxylation sites is 1. The van der Waals surface area contributed by atoms with Crippen LogP contribution >= 0.6 is 0 Å². The van der Waals surface area contributed by atoms with E-state index in [-0.39, 0.29) is 36.4 Å². The van der Waals surface area contributed by atoms with Gasteiger partial charge in [0.25, 0.3) is 0 Å².